The third-order valence-corrected chi connectivity index (χ3v) is 6.27. The summed E-state index contributed by atoms with van der Waals surface area (Å²) in [5.74, 6) is 0.139. The highest BCUT2D eigenvalue weighted by Crippen LogP contribution is 2.46. The maximum atomic E-state index is 13.3. The highest BCUT2D eigenvalue weighted by Gasteiger charge is 2.40. The van der Waals surface area contributed by atoms with Gasteiger partial charge in [-0.15, -0.1) is 0 Å². The van der Waals surface area contributed by atoms with Gasteiger partial charge in [0, 0.05) is 35.6 Å². The van der Waals surface area contributed by atoms with Gasteiger partial charge in [0.2, 0.25) is 0 Å². The average molecular weight is 395 g/mol. The molecule has 150 valence electrons. The molecule has 2 heterocycles. The molecule has 4 aromatic rings. The predicted octanol–water partition coefficient (Wildman–Crippen LogP) is 6.11. The zero-order valence-corrected chi connectivity index (χ0v) is 17.7. The first-order valence-corrected chi connectivity index (χ1v) is 10.7. The molecule has 0 spiro atoms. The molecule has 1 unspecified atom stereocenters. The van der Waals surface area contributed by atoms with Crippen molar-refractivity contribution in [2.45, 2.75) is 26.3 Å². The number of aryl methyl sites for hydroxylation is 2. The fraction of sp³-hybridized carbons (Fsp3) is 0.222. The molecule has 3 aromatic carbocycles. The van der Waals surface area contributed by atoms with Gasteiger partial charge in [-0.3, -0.25) is 4.79 Å². The molecule has 1 aromatic heterocycles. The van der Waals surface area contributed by atoms with Crippen LogP contribution in [0.5, 0.6) is 0 Å². The van der Waals surface area contributed by atoms with Crippen molar-refractivity contribution >= 4 is 16.8 Å². The van der Waals surface area contributed by atoms with E-state index in [1.807, 2.05) is 18.2 Å². The van der Waals surface area contributed by atoms with Crippen molar-refractivity contribution in [1.82, 2.24) is 9.47 Å². The van der Waals surface area contributed by atoms with E-state index < -0.39 is 0 Å². The van der Waals surface area contributed by atoms with Gasteiger partial charge < -0.3 is 9.47 Å². The Morgan fingerprint density at radius 1 is 0.900 bits per heavy atom. The number of hydrogen-bond donors (Lipinski definition) is 0. The molecule has 0 aliphatic carbocycles. The summed E-state index contributed by atoms with van der Waals surface area (Å²) in [5.41, 5.74) is 7.97. The van der Waals surface area contributed by atoms with Gasteiger partial charge in [0.1, 0.15) is 0 Å². The van der Waals surface area contributed by atoms with Gasteiger partial charge in [0.05, 0.1) is 11.7 Å². The van der Waals surface area contributed by atoms with E-state index in [4.69, 9.17) is 0 Å². The largest absolute Gasteiger partial charge is 0.343 e. The van der Waals surface area contributed by atoms with Gasteiger partial charge in [0.25, 0.3) is 5.91 Å². The van der Waals surface area contributed by atoms with E-state index in [0.717, 1.165) is 24.1 Å². The molecular weight excluding hydrogens is 368 g/mol. The zero-order chi connectivity index (χ0) is 20.8. The molecule has 1 atom stereocenters. The first-order valence-electron chi connectivity index (χ1n) is 10.7. The SMILES string of the molecule is CCCN1C(=O)c2ccccc2C1c1c(-c2ccc(C)cc2)n(C)c2ccccc12. The van der Waals surface area contributed by atoms with Crippen LogP contribution < -0.4 is 0 Å². The summed E-state index contributed by atoms with van der Waals surface area (Å²) in [5, 5.41) is 1.21. The molecule has 3 heteroatoms. The van der Waals surface area contributed by atoms with Crippen LogP contribution in [0.1, 0.15) is 46.4 Å². The molecule has 0 fully saturated rings. The Kier molecular flexibility index (Phi) is 4.47. The number of hydrogen-bond acceptors (Lipinski definition) is 1. The molecule has 1 aliphatic heterocycles. The van der Waals surface area contributed by atoms with Crippen molar-refractivity contribution in [3.8, 4) is 11.3 Å². The highest BCUT2D eigenvalue weighted by molar-refractivity contribution is 6.02. The lowest BCUT2D eigenvalue weighted by molar-refractivity contribution is 0.0751. The number of carbonyl (C=O) groups is 1. The maximum Gasteiger partial charge on any atom is 0.255 e. The van der Waals surface area contributed by atoms with Crippen LogP contribution in [0, 0.1) is 6.92 Å². The minimum Gasteiger partial charge on any atom is -0.343 e. The number of nitrogens with zero attached hydrogens (tertiary/aromatic N) is 2. The van der Waals surface area contributed by atoms with E-state index in [-0.39, 0.29) is 11.9 Å². The number of benzene rings is 3. The Labute approximate surface area is 177 Å². The molecular formula is C27H26N2O. The standard InChI is InChI=1S/C27H26N2O/c1-4-17-29-26(20-9-5-6-10-21(20)27(29)30)24-22-11-7-8-12-23(22)28(3)25(24)19-15-13-18(2)14-16-19/h5-16,26H,4,17H2,1-3H3. The van der Waals surface area contributed by atoms with E-state index in [1.54, 1.807) is 0 Å². The predicted molar refractivity (Wildman–Crippen MR) is 123 cm³/mol. The first kappa shape index (κ1) is 18.7. The first-order chi connectivity index (χ1) is 14.6. The van der Waals surface area contributed by atoms with Crippen LogP contribution in [0.4, 0.5) is 0 Å². The number of fused-ring (bicyclic) bond motifs is 2. The summed E-state index contributed by atoms with van der Waals surface area (Å²) in [6.07, 6.45) is 0.931. The van der Waals surface area contributed by atoms with Crippen LogP contribution in [-0.2, 0) is 7.05 Å². The normalized spacial score (nSPS) is 15.8. The third-order valence-electron chi connectivity index (χ3n) is 6.27. The molecule has 30 heavy (non-hydrogen) atoms. The summed E-state index contributed by atoms with van der Waals surface area (Å²) < 4.78 is 2.28. The molecule has 1 amide bonds. The second kappa shape index (κ2) is 7.17. The second-order valence-corrected chi connectivity index (χ2v) is 8.19. The number of amides is 1. The van der Waals surface area contributed by atoms with Gasteiger partial charge in [0.15, 0.2) is 0 Å². The van der Waals surface area contributed by atoms with Crippen molar-refractivity contribution in [3.05, 3.63) is 95.1 Å². The second-order valence-electron chi connectivity index (χ2n) is 8.19. The Hall–Kier alpha value is -3.33. The van der Waals surface area contributed by atoms with Gasteiger partial charge in [-0.1, -0.05) is 73.2 Å². The van der Waals surface area contributed by atoms with Gasteiger partial charge in [-0.25, -0.2) is 0 Å². The molecule has 0 N–H and O–H groups in total. The highest BCUT2D eigenvalue weighted by atomic mass is 16.2. The van der Waals surface area contributed by atoms with E-state index in [0.29, 0.717) is 0 Å². The summed E-state index contributed by atoms with van der Waals surface area (Å²) in [7, 11) is 2.13. The van der Waals surface area contributed by atoms with Crippen LogP contribution in [-0.4, -0.2) is 21.9 Å². The fourth-order valence-corrected chi connectivity index (χ4v) is 4.91. The number of carbonyl (C=O) groups excluding carboxylic acids is 1. The van der Waals surface area contributed by atoms with Crippen molar-refractivity contribution in [2.75, 3.05) is 6.54 Å². The van der Waals surface area contributed by atoms with E-state index in [2.05, 4.69) is 85.0 Å². The van der Waals surface area contributed by atoms with Crippen LogP contribution in [0.15, 0.2) is 72.8 Å². The van der Waals surface area contributed by atoms with Gasteiger partial charge in [-0.05, 0) is 36.6 Å². The molecule has 5 rings (SSSR count). The van der Waals surface area contributed by atoms with E-state index in [9.17, 15) is 4.79 Å². The van der Waals surface area contributed by atoms with Gasteiger partial charge in [-0.2, -0.15) is 0 Å². The maximum absolute atomic E-state index is 13.3. The molecule has 1 aliphatic rings. The van der Waals surface area contributed by atoms with Crippen LogP contribution in [0.25, 0.3) is 22.2 Å². The summed E-state index contributed by atoms with van der Waals surface area (Å²) in [6, 6.07) is 25.3. The Bertz CT molecular complexity index is 1250. The molecule has 0 saturated heterocycles. The smallest absolute Gasteiger partial charge is 0.255 e. The Morgan fingerprint density at radius 2 is 1.60 bits per heavy atom. The zero-order valence-electron chi connectivity index (χ0n) is 17.7. The van der Waals surface area contributed by atoms with E-state index >= 15 is 0 Å². The molecule has 0 saturated carbocycles. The molecule has 0 bridgehead atoms. The molecule has 0 radical (unpaired) electrons. The number of aromatic nitrogens is 1. The van der Waals surface area contributed by atoms with Gasteiger partial charge >= 0.3 is 0 Å². The van der Waals surface area contributed by atoms with Crippen LogP contribution in [0.2, 0.25) is 0 Å². The summed E-state index contributed by atoms with van der Waals surface area (Å²) >= 11 is 0. The summed E-state index contributed by atoms with van der Waals surface area (Å²) in [6.45, 7) is 4.99. The number of rotatable bonds is 4. The monoisotopic (exact) mass is 394 g/mol. The van der Waals surface area contributed by atoms with Crippen molar-refractivity contribution in [3.63, 3.8) is 0 Å². The van der Waals surface area contributed by atoms with Crippen LogP contribution >= 0.6 is 0 Å². The van der Waals surface area contributed by atoms with Crippen molar-refractivity contribution in [2.24, 2.45) is 7.05 Å². The lowest BCUT2D eigenvalue weighted by Crippen LogP contribution is -2.29. The summed E-state index contributed by atoms with van der Waals surface area (Å²) in [4.78, 5) is 15.4. The minimum atomic E-state index is -0.0731. The Morgan fingerprint density at radius 3 is 2.37 bits per heavy atom. The number of para-hydroxylation sites is 1. The lowest BCUT2D eigenvalue weighted by atomic mass is 9.93. The van der Waals surface area contributed by atoms with Crippen LogP contribution in [0.3, 0.4) is 0 Å². The van der Waals surface area contributed by atoms with Crippen molar-refractivity contribution in [1.29, 1.82) is 0 Å². The average Bonchev–Trinajstić information content (AvgIpc) is 3.21. The quantitative estimate of drug-likeness (QED) is 0.410. The van der Waals surface area contributed by atoms with E-state index in [1.165, 1.54) is 33.3 Å². The fourth-order valence-electron chi connectivity index (χ4n) is 4.91. The van der Waals surface area contributed by atoms with Crippen molar-refractivity contribution < 1.29 is 4.79 Å². The lowest BCUT2D eigenvalue weighted by Gasteiger charge is -2.26. The Balaban J connectivity index is 1.85. The third kappa shape index (κ3) is 2.69. The topological polar surface area (TPSA) is 25.2 Å². The minimum absolute atomic E-state index is 0.0731. The molecule has 3 nitrogen and oxygen atoms in total.